The number of rotatable bonds is 5. The number of hydrogen-bond donors (Lipinski definition) is 1. The summed E-state index contributed by atoms with van der Waals surface area (Å²) in [6.45, 7) is 6.73. The molecule has 0 radical (unpaired) electrons. The van der Waals surface area contributed by atoms with E-state index in [4.69, 9.17) is 0 Å². The van der Waals surface area contributed by atoms with Crippen molar-refractivity contribution in [2.75, 3.05) is 0 Å². The van der Waals surface area contributed by atoms with Crippen molar-refractivity contribution in [1.82, 2.24) is 5.32 Å². The van der Waals surface area contributed by atoms with Gasteiger partial charge in [0.15, 0.2) is 0 Å². The first-order valence-corrected chi connectivity index (χ1v) is 5.69. The summed E-state index contributed by atoms with van der Waals surface area (Å²) in [5, 5.41) is 3.31. The molecule has 3 heteroatoms. The van der Waals surface area contributed by atoms with E-state index in [1.807, 2.05) is 0 Å². The van der Waals surface area contributed by atoms with Crippen molar-refractivity contribution in [3.8, 4) is 0 Å². The Morgan fingerprint density at radius 1 is 1.19 bits per heavy atom. The fourth-order valence-corrected chi connectivity index (χ4v) is 1.47. The van der Waals surface area contributed by atoms with E-state index >= 15 is 0 Å². The van der Waals surface area contributed by atoms with Crippen molar-refractivity contribution in [3.05, 3.63) is 35.4 Å². The third-order valence-corrected chi connectivity index (χ3v) is 3.28. The van der Waals surface area contributed by atoms with E-state index in [-0.39, 0.29) is 5.54 Å². The van der Waals surface area contributed by atoms with E-state index in [0.29, 0.717) is 12.1 Å². The van der Waals surface area contributed by atoms with Gasteiger partial charge in [-0.1, -0.05) is 19.9 Å². The van der Waals surface area contributed by atoms with E-state index < -0.39 is 11.6 Å². The standard InChI is InChI=1S/C13H19F2N/c1-4-13(3,5-2)16-9-10-6-7-11(14)8-12(10)15/h6-8,16H,4-5,9H2,1-3H3. The van der Waals surface area contributed by atoms with Crippen LogP contribution in [0.3, 0.4) is 0 Å². The van der Waals surface area contributed by atoms with Crippen LogP contribution in [0.1, 0.15) is 39.2 Å². The van der Waals surface area contributed by atoms with Crippen molar-refractivity contribution in [1.29, 1.82) is 0 Å². The Morgan fingerprint density at radius 2 is 1.81 bits per heavy atom. The number of halogens is 2. The molecule has 0 heterocycles. The number of hydrogen-bond acceptors (Lipinski definition) is 1. The monoisotopic (exact) mass is 227 g/mol. The fraction of sp³-hybridized carbons (Fsp3) is 0.538. The molecule has 0 saturated carbocycles. The minimum absolute atomic E-state index is 0.0147. The Labute approximate surface area is 95.9 Å². The summed E-state index contributed by atoms with van der Waals surface area (Å²) in [5.74, 6) is -1.02. The van der Waals surface area contributed by atoms with Crippen LogP contribution in [0.25, 0.3) is 0 Å². The first-order chi connectivity index (χ1) is 7.50. The first-order valence-electron chi connectivity index (χ1n) is 5.69. The molecular formula is C13H19F2N. The summed E-state index contributed by atoms with van der Waals surface area (Å²) in [7, 11) is 0. The Bertz CT molecular complexity index is 346. The zero-order valence-electron chi connectivity index (χ0n) is 10.1. The zero-order chi connectivity index (χ0) is 12.2. The second-order valence-electron chi connectivity index (χ2n) is 4.36. The molecule has 1 nitrogen and oxygen atoms in total. The molecule has 0 spiro atoms. The van der Waals surface area contributed by atoms with Crippen molar-refractivity contribution >= 4 is 0 Å². The molecule has 0 fully saturated rings. The van der Waals surface area contributed by atoms with E-state index in [0.717, 1.165) is 18.9 Å². The van der Waals surface area contributed by atoms with Crippen molar-refractivity contribution in [2.24, 2.45) is 0 Å². The van der Waals surface area contributed by atoms with Crippen molar-refractivity contribution < 1.29 is 8.78 Å². The summed E-state index contributed by atoms with van der Waals surface area (Å²) in [6, 6.07) is 3.70. The minimum Gasteiger partial charge on any atom is -0.307 e. The molecule has 0 aliphatic carbocycles. The Kier molecular flexibility index (Phi) is 4.42. The highest BCUT2D eigenvalue weighted by atomic mass is 19.1. The average molecular weight is 227 g/mol. The summed E-state index contributed by atoms with van der Waals surface area (Å²) in [5.41, 5.74) is 0.524. The van der Waals surface area contributed by atoms with Crippen LogP contribution in [0, 0.1) is 11.6 Å². The quantitative estimate of drug-likeness (QED) is 0.810. The van der Waals surface area contributed by atoms with Gasteiger partial charge in [0.05, 0.1) is 0 Å². The maximum absolute atomic E-state index is 13.4. The average Bonchev–Trinajstić information content (AvgIpc) is 2.27. The van der Waals surface area contributed by atoms with E-state index in [9.17, 15) is 8.78 Å². The van der Waals surface area contributed by atoms with Crippen molar-refractivity contribution in [2.45, 2.75) is 45.7 Å². The van der Waals surface area contributed by atoms with Gasteiger partial charge in [0.25, 0.3) is 0 Å². The highest BCUT2D eigenvalue weighted by molar-refractivity contribution is 5.18. The lowest BCUT2D eigenvalue weighted by molar-refractivity contribution is 0.327. The third-order valence-electron chi connectivity index (χ3n) is 3.28. The number of benzene rings is 1. The fourth-order valence-electron chi connectivity index (χ4n) is 1.47. The molecule has 0 amide bonds. The summed E-state index contributed by atoms with van der Waals surface area (Å²) >= 11 is 0. The van der Waals surface area contributed by atoms with E-state index in [1.165, 1.54) is 12.1 Å². The van der Waals surface area contributed by atoms with Gasteiger partial charge in [-0.15, -0.1) is 0 Å². The molecule has 0 aliphatic heterocycles. The van der Waals surface area contributed by atoms with Crippen LogP contribution >= 0.6 is 0 Å². The second-order valence-corrected chi connectivity index (χ2v) is 4.36. The Hall–Kier alpha value is -0.960. The van der Waals surface area contributed by atoms with Gasteiger partial charge < -0.3 is 5.32 Å². The molecule has 1 rings (SSSR count). The van der Waals surface area contributed by atoms with Gasteiger partial charge in [-0.2, -0.15) is 0 Å². The van der Waals surface area contributed by atoms with Gasteiger partial charge in [-0.05, 0) is 25.8 Å². The summed E-state index contributed by atoms with van der Waals surface area (Å²) in [6.07, 6.45) is 1.96. The van der Waals surface area contributed by atoms with Crippen LogP contribution in [-0.2, 0) is 6.54 Å². The van der Waals surface area contributed by atoms with Crippen LogP contribution in [0.2, 0.25) is 0 Å². The molecule has 0 bridgehead atoms. The highest BCUT2D eigenvalue weighted by Gasteiger charge is 2.18. The lowest BCUT2D eigenvalue weighted by atomic mass is 9.95. The highest BCUT2D eigenvalue weighted by Crippen LogP contribution is 2.16. The van der Waals surface area contributed by atoms with Gasteiger partial charge in [0.2, 0.25) is 0 Å². The normalized spacial score (nSPS) is 11.8. The molecule has 1 aromatic carbocycles. The van der Waals surface area contributed by atoms with Crippen LogP contribution in [-0.4, -0.2) is 5.54 Å². The van der Waals surface area contributed by atoms with Gasteiger partial charge in [0.1, 0.15) is 11.6 Å². The predicted octanol–water partition coefficient (Wildman–Crippen LogP) is 3.63. The first kappa shape index (κ1) is 13.1. The maximum atomic E-state index is 13.4. The van der Waals surface area contributed by atoms with Crippen LogP contribution in [0.5, 0.6) is 0 Å². The lowest BCUT2D eigenvalue weighted by Crippen LogP contribution is -2.40. The van der Waals surface area contributed by atoms with Crippen LogP contribution in [0.4, 0.5) is 8.78 Å². The van der Waals surface area contributed by atoms with Crippen LogP contribution in [0.15, 0.2) is 18.2 Å². The molecule has 0 atom stereocenters. The molecular weight excluding hydrogens is 208 g/mol. The van der Waals surface area contributed by atoms with Gasteiger partial charge in [-0.25, -0.2) is 8.78 Å². The molecule has 0 unspecified atom stereocenters. The van der Waals surface area contributed by atoms with Gasteiger partial charge in [-0.3, -0.25) is 0 Å². The Morgan fingerprint density at radius 3 is 2.31 bits per heavy atom. The SMILES string of the molecule is CCC(C)(CC)NCc1ccc(F)cc1F. The van der Waals surface area contributed by atoms with Crippen LogP contribution < -0.4 is 5.32 Å². The molecule has 90 valence electrons. The predicted molar refractivity (Wildman–Crippen MR) is 62.2 cm³/mol. The summed E-state index contributed by atoms with van der Waals surface area (Å²) < 4.78 is 26.0. The third kappa shape index (κ3) is 3.27. The topological polar surface area (TPSA) is 12.0 Å². The lowest BCUT2D eigenvalue weighted by Gasteiger charge is -2.28. The molecule has 0 saturated heterocycles. The minimum atomic E-state index is -0.532. The molecule has 0 aromatic heterocycles. The molecule has 1 aromatic rings. The maximum Gasteiger partial charge on any atom is 0.130 e. The Balaban J connectivity index is 2.67. The van der Waals surface area contributed by atoms with E-state index in [1.54, 1.807) is 0 Å². The zero-order valence-corrected chi connectivity index (χ0v) is 10.1. The van der Waals surface area contributed by atoms with Crippen molar-refractivity contribution in [3.63, 3.8) is 0 Å². The van der Waals surface area contributed by atoms with Gasteiger partial charge in [0, 0.05) is 23.7 Å². The second kappa shape index (κ2) is 5.39. The summed E-state index contributed by atoms with van der Waals surface area (Å²) in [4.78, 5) is 0. The number of nitrogens with one attached hydrogen (secondary N) is 1. The smallest absolute Gasteiger partial charge is 0.130 e. The van der Waals surface area contributed by atoms with Gasteiger partial charge >= 0.3 is 0 Å². The molecule has 16 heavy (non-hydrogen) atoms. The molecule has 1 N–H and O–H groups in total. The largest absolute Gasteiger partial charge is 0.307 e. The van der Waals surface area contributed by atoms with E-state index in [2.05, 4.69) is 26.1 Å². The molecule has 0 aliphatic rings.